The van der Waals surface area contributed by atoms with Crippen LogP contribution in [0.5, 0.6) is 0 Å². The smallest absolute Gasteiger partial charge is 0.225 e. The van der Waals surface area contributed by atoms with E-state index in [9.17, 15) is 4.79 Å². The highest BCUT2D eigenvalue weighted by Crippen LogP contribution is 2.16. The van der Waals surface area contributed by atoms with Crippen LogP contribution in [0.1, 0.15) is 29.2 Å². The summed E-state index contributed by atoms with van der Waals surface area (Å²) in [7, 11) is 0. The third-order valence-electron chi connectivity index (χ3n) is 2.75. The molecule has 0 radical (unpaired) electrons. The summed E-state index contributed by atoms with van der Waals surface area (Å²) in [5.74, 6) is -0.0218. The lowest BCUT2D eigenvalue weighted by Crippen LogP contribution is -2.28. The number of aryl methyl sites for hydroxylation is 1. The molecule has 100 valence electrons. The molecule has 0 saturated heterocycles. The highest BCUT2D eigenvalue weighted by molar-refractivity contribution is 7.73. The number of rotatable bonds is 4. The molecule has 0 aliphatic heterocycles. The number of carbonyl (C=O) groups excluding carboxylic acids is 1. The fourth-order valence-corrected chi connectivity index (χ4v) is 3.04. The van der Waals surface area contributed by atoms with Crippen LogP contribution in [0.2, 0.25) is 0 Å². The van der Waals surface area contributed by atoms with Gasteiger partial charge in [0.1, 0.15) is 0 Å². The molecule has 2 rings (SSSR count). The van der Waals surface area contributed by atoms with Crippen LogP contribution in [0.3, 0.4) is 0 Å². The molecule has 19 heavy (non-hydrogen) atoms. The molecule has 0 saturated carbocycles. The van der Waals surface area contributed by atoms with Crippen LogP contribution in [0.15, 0.2) is 24.4 Å². The van der Waals surface area contributed by atoms with E-state index in [0.29, 0.717) is 10.4 Å². The summed E-state index contributed by atoms with van der Waals surface area (Å²) < 4.78 is 0.707. The molecule has 0 aliphatic carbocycles. The minimum absolute atomic E-state index is 0.0218. The van der Waals surface area contributed by atoms with E-state index in [-0.39, 0.29) is 11.9 Å². The summed E-state index contributed by atoms with van der Waals surface area (Å²) in [5, 5.41) is 2.94. The maximum atomic E-state index is 12.0. The van der Waals surface area contributed by atoms with Crippen molar-refractivity contribution in [2.24, 2.45) is 0 Å². The zero-order valence-electron chi connectivity index (χ0n) is 10.8. The monoisotopic (exact) mass is 293 g/mol. The summed E-state index contributed by atoms with van der Waals surface area (Å²) in [4.78, 5) is 20.2. The standard InChI is InChI=1S/C13H15N3OS2/c1-8(10-5-3-4-6-14-10)15-12(17)7-11-9(2)16-13(18)19-11/h3-6,8H,7H2,1-2H3,(H,15,17)(H,16,18). The van der Waals surface area contributed by atoms with Crippen LogP contribution >= 0.6 is 23.6 Å². The lowest BCUT2D eigenvalue weighted by Gasteiger charge is -2.12. The normalized spacial score (nSPS) is 12.1. The van der Waals surface area contributed by atoms with E-state index in [1.165, 1.54) is 11.3 Å². The SMILES string of the molecule is Cc1[nH]c(=S)sc1CC(=O)NC(C)c1ccccn1. The number of carbonyl (C=O) groups is 1. The van der Waals surface area contributed by atoms with Gasteiger partial charge in [0.15, 0.2) is 3.95 Å². The van der Waals surface area contributed by atoms with Gasteiger partial charge in [-0.25, -0.2) is 0 Å². The fourth-order valence-electron chi connectivity index (χ4n) is 1.75. The molecule has 0 bridgehead atoms. The third-order valence-corrected chi connectivity index (χ3v) is 4.09. The Morgan fingerprint density at radius 2 is 2.37 bits per heavy atom. The first-order chi connectivity index (χ1) is 9.06. The van der Waals surface area contributed by atoms with E-state index in [0.717, 1.165) is 16.3 Å². The molecule has 0 spiro atoms. The molecule has 1 unspecified atom stereocenters. The predicted molar refractivity (Wildman–Crippen MR) is 78.7 cm³/mol. The minimum Gasteiger partial charge on any atom is -0.348 e. The van der Waals surface area contributed by atoms with Crippen molar-refractivity contribution in [3.63, 3.8) is 0 Å². The average Bonchev–Trinajstić information content (AvgIpc) is 2.68. The molecule has 1 atom stereocenters. The van der Waals surface area contributed by atoms with Crippen molar-refractivity contribution in [2.75, 3.05) is 0 Å². The second kappa shape index (κ2) is 6.08. The fraction of sp³-hybridized carbons (Fsp3) is 0.308. The van der Waals surface area contributed by atoms with Crippen LogP contribution in [-0.4, -0.2) is 15.9 Å². The molecule has 2 aromatic heterocycles. The molecule has 0 fully saturated rings. The summed E-state index contributed by atoms with van der Waals surface area (Å²) in [5.41, 5.74) is 1.82. The van der Waals surface area contributed by atoms with Gasteiger partial charge in [-0.3, -0.25) is 9.78 Å². The highest BCUT2D eigenvalue weighted by atomic mass is 32.1. The number of aromatic amines is 1. The highest BCUT2D eigenvalue weighted by Gasteiger charge is 2.13. The van der Waals surface area contributed by atoms with Crippen molar-refractivity contribution in [1.82, 2.24) is 15.3 Å². The molecule has 0 aliphatic rings. The minimum atomic E-state index is -0.0964. The summed E-state index contributed by atoms with van der Waals surface area (Å²) in [6.45, 7) is 3.85. The van der Waals surface area contributed by atoms with Gasteiger partial charge in [-0.05, 0) is 38.2 Å². The van der Waals surface area contributed by atoms with Crippen molar-refractivity contribution >= 4 is 29.5 Å². The van der Waals surface area contributed by atoms with Gasteiger partial charge in [0.25, 0.3) is 0 Å². The number of hydrogen-bond acceptors (Lipinski definition) is 4. The molecule has 2 N–H and O–H groups in total. The molecule has 2 heterocycles. The van der Waals surface area contributed by atoms with Crippen LogP contribution in [0.25, 0.3) is 0 Å². The van der Waals surface area contributed by atoms with Crippen LogP contribution in [0.4, 0.5) is 0 Å². The second-order valence-corrected chi connectivity index (χ2v) is 6.06. The number of nitrogens with zero attached hydrogens (tertiary/aromatic N) is 1. The van der Waals surface area contributed by atoms with Crippen molar-refractivity contribution < 1.29 is 4.79 Å². The number of amides is 1. The van der Waals surface area contributed by atoms with Gasteiger partial charge in [-0.15, -0.1) is 11.3 Å². The van der Waals surface area contributed by atoms with Crippen LogP contribution in [-0.2, 0) is 11.2 Å². The Balaban J connectivity index is 1.98. The van der Waals surface area contributed by atoms with Gasteiger partial charge in [0, 0.05) is 16.8 Å². The van der Waals surface area contributed by atoms with Gasteiger partial charge in [-0.2, -0.15) is 0 Å². The Morgan fingerprint density at radius 1 is 1.58 bits per heavy atom. The van der Waals surface area contributed by atoms with Crippen LogP contribution in [0, 0.1) is 10.9 Å². The van der Waals surface area contributed by atoms with Crippen molar-refractivity contribution in [3.8, 4) is 0 Å². The first kappa shape index (κ1) is 13.9. The van der Waals surface area contributed by atoms with E-state index >= 15 is 0 Å². The zero-order valence-corrected chi connectivity index (χ0v) is 12.4. The van der Waals surface area contributed by atoms with E-state index < -0.39 is 0 Å². The molecule has 6 heteroatoms. The quantitative estimate of drug-likeness (QED) is 0.852. The lowest BCUT2D eigenvalue weighted by molar-refractivity contribution is -0.121. The van der Waals surface area contributed by atoms with E-state index in [1.54, 1.807) is 6.20 Å². The van der Waals surface area contributed by atoms with Gasteiger partial charge >= 0.3 is 0 Å². The Morgan fingerprint density at radius 3 is 2.95 bits per heavy atom. The summed E-state index contributed by atoms with van der Waals surface area (Å²) >= 11 is 6.51. The van der Waals surface area contributed by atoms with Gasteiger partial charge in [0.05, 0.1) is 18.2 Å². The molecule has 1 amide bonds. The maximum absolute atomic E-state index is 12.0. The third kappa shape index (κ3) is 3.71. The van der Waals surface area contributed by atoms with E-state index in [4.69, 9.17) is 12.2 Å². The average molecular weight is 293 g/mol. The Hall–Kier alpha value is -1.53. The van der Waals surface area contributed by atoms with Crippen molar-refractivity contribution in [3.05, 3.63) is 44.6 Å². The number of hydrogen-bond donors (Lipinski definition) is 2. The molecule has 2 aromatic rings. The van der Waals surface area contributed by atoms with Crippen molar-refractivity contribution in [1.29, 1.82) is 0 Å². The first-order valence-electron chi connectivity index (χ1n) is 5.95. The molecule has 0 aromatic carbocycles. The lowest BCUT2D eigenvalue weighted by atomic mass is 10.2. The number of thiazole rings is 1. The summed E-state index contributed by atoms with van der Waals surface area (Å²) in [6.07, 6.45) is 2.07. The van der Waals surface area contributed by atoms with E-state index in [2.05, 4.69) is 15.3 Å². The van der Waals surface area contributed by atoms with Gasteiger partial charge in [0.2, 0.25) is 5.91 Å². The van der Waals surface area contributed by atoms with Gasteiger partial charge < -0.3 is 10.3 Å². The Kier molecular flexibility index (Phi) is 4.44. The zero-order chi connectivity index (χ0) is 13.8. The molecular weight excluding hydrogens is 278 g/mol. The molecular formula is C13H15N3OS2. The van der Waals surface area contributed by atoms with Gasteiger partial charge in [-0.1, -0.05) is 6.07 Å². The Bertz CT molecular complexity index is 618. The maximum Gasteiger partial charge on any atom is 0.225 e. The van der Waals surface area contributed by atoms with Crippen molar-refractivity contribution in [2.45, 2.75) is 26.3 Å². The Labute approximate surface area is 120 Å². The molecule has 4 nitrogen and oxygen atoms in total. The topological polar surface area (TPSA) is 57.8 Å². The predicted octanol–water partition coefficient (Wildman–Crippen LogP) is 2.93. The number of H-pyrrole nitrogens is 1. The number of nitrogens with one attached hydrogen (secondary N) is 2. The largest absolute Gasteiger partial charge is 0.348 e. The van der Waals surface area contributed by atoms with E-state index in [1.807, 2.05) is 32.0 Å². The first-order valence-corrected chi connectivity index (χ1v) is 7.17. The summed E-state index contributed by atoms with van der Waals surface area (Å²) in [6, 6.07) is 5.57. The van der Waals surface area contributed by atoms with Crippen LogP contribution < -0.4 is 5.32 Å². The number of aromatic nitrogens is 2. The second-order valence-electron chi connectivity index (χ2n) is 4.28. The number of pyridine rings is 1.